The highest BCUT2D eigenvalue weighted by Gasteiger charge is 2.30. The number of anilines is 1. The van der Waals surface area contributed by atoms with Gasteiger partial charge in [0.2, 0.25) is 0 Å². The summed E-state index contributed by atoms with van der Waals surface area (Å²) >= 11 is 11.4. The van der Waals surface area contributed by atoms with Crippen LogP contribution in [0.5, 0.6) is 0 Å². The minimum absolute atomic E-state index is 0.118. The Balaban J connectivity index is 2.78. The highest BCUT2D eigenvalue weighted by molar-refractivity contribution is 6.36. The molecule has 0 aliphatic rings. The molecular weight excluding hydrogens is 285 g/mol. The molecule has 0 aliphatic heterocycles. The number of carboxylic acid groups (broad SMARTS) is 1. The van der Waals surface area contributed by atoms with Gasteiger partial charge >= 0.3 is 5.97 Å². The molecule has 0 saturated heterocycles. The van der Waals surface area contributed by atoms with E-state index in [2.05, 4.69) is 5.32 Å². The van der Waals surface area contributed by atoms with Gasteiger partial charge in [0, 0.05) is 5.02 Å². The molecule has 0 fully saturated rings. The van der Waals surface area contributed by atoms with E-state index in [0.29, 0.717) is 5.02 Å². The van der Waals surface area contributed by atoms with Crippen LogP contribution in [-0.4, -0.2) is 39.4 Å². The lowest BCUT2D eigenvalue weighted by atomic mass is 10.2. The third-order valence-corrected chi connectivity index (χ3v) is 2.56. The van der Waals surface area contributed by atoms with Gasteiger partial charge in [0.05, 0.1) is 10.7 Å². The zero-order valence-electron chi connectivity index (χ0n) is 8.80. The van der Waals surface area contributed by atoms with Crippen molar-refractivity contribution in [3.05, 3.63) is 28.2 Å². The van der Waals surface area contributed by atoms with E-state index in [0.717, 1.165) is 0 Å². The number of hydrogen-bond donors (Lipinski definition) is 4. The van der Waals surface area contributed by atoms with Gasteiger partial charge in [0.25, 0.3) is 5.91 Å². The molecule has 2 unspecified atom stereocenters. The first-order valence-corrected chi connectivity index (χ1v) is 5.43. The summed E-state index contributed by atoms with van der Waals surface area (Å²) in [6.45, 7) is 0. The lowest BCUT2D eigenvalue weighted by molar-refractivity contribution is -0.156. The third-order valence-electron chi connectivity index (χ3n) is 2.01. The smallest absolute Gasteiger partial charge is 0.335 e. The van der Waals surface area contributed by atoms with Crippen LogP contribution in [0.2, 0.25) is 10.0 Å². The summed E-state index contributed by atoms with van der Waals surface area (Å²) < 4.78 is 0. The van der Waals surface area contributed by atoms with E-state index in [-0.39, 0.29) is 10.7 Å². The number of carbonyl (C=O) groups excluding carboxylic acids is 1. The highest BCUT2D eigenvalue weighted by Crippen LogP contribution is 2.25. The lowest BCUT2D eigenvalue weighted by Crippen LogP contribution is -2.42. The molecule has 0 aromatic heterocycles. The number of hydrogen-bond acceptors (Lipinski definition) is 4. The van der Waals surface area contributed by atoms with Crippen LogP contribution in [0.1, 0.15) is 0 Å². The van der Waals surface area contributed by atoms with Crippen molar-refractivity contribution in [2.45, 2.75) is 12.2 Å². The summed E-state index contributed by atoms with van der Waals surface area (Å²) in [6, 6.07) is 4.18. The van der Waals surface area contributed by atoms with Gasteiger partial charge in [-0.05, 0) is 18.2 Å². The maximum Gasteiger partial charge on any atom is 0.335 e. The Morgan fingerprint density at radius 3 is 2.28 bits per heavy atom. The quantitative estimate of drug-likeness (QED) is 0.655. The fourth-order valence-corrected chi connectivity index (χ4v) is 1.53. The van der Waals surface area contributed by atoms with Gasteiger partial charge in [-0.15, -0.1) is 0 Å². The standard InChI is InChI=1S/C10H9Cl2NO5/c11-4-1-2-6(5(12)3-4)13-9(16)7(14)8(15)10(17)18/h1-3,7-8,14-15H,(H,13,16)(H,17,18). The van der Waals surface area contributed by atoms with Crippen LogP contribution in [-0.2, 0) is 9.59 Å². The maximum atomic E-state index is 11.4. The number of aliphatic hydroxyl groups excluding tert-OH is 2. The SMILES string of the molecule is O=C(O)C(O)C(O)C(=O)Nc1ccc(Cl)cc1Cl. The number of amides is 1. The molecule has 0 bridgehead atoms. The van der Waals surface area contributed by atoms with Crippen LogP contribution >= 0.6 is 23.2 Å². The number of aliphatic hydroxyl groups is 2. The van der Waals surface area contributed by atoms with Crippen LogP contribution in [0, 0.1) is 0 Å². The van der Waals surface area contributed by atoms with E-state index in [1.165, 1.54) is 18.2 Å². The maximum absolute atomic E-state index is 11.4. The van der Waals surface area contributed by atoms with Crippen LogP contribution in [0.25, 0.3) is 0 Å². The Morgan fingerprint density at radius 2 is 1.78 bits per heavy atom. The number of nitrogens with one attached hydrogen (secondary N) is 1. The molecule has 0 aliphatic carbocycles. The number of aliphatic carboxylic acids is 1. The summed E-state index contributed by atoms with van der Waals surface area (Å²) in [5.74, 6) is -2.80. The molecule has 0 spiro atoms. The molecule has 1 aromatic carbocycles. The largest absolute Gasteiger partial charge is 0.479 e. The van der Waals surface area contributed by atoms with Crippen molar-refractivity contribution >= 4 is 40.8 Å². The molecule has 0 radical (unpaired) electrons. The van der Waals surface area contributed by atoms with E-state index in [1.807, 2.05) is 0 Å². The molecule has 4 N–H and O–H groups in total. The van der Waals surface area contributed by atoms with Crippen molar-refractivity contribution in [1.29, 1.82) is 0 Å². The molecule has 18 heavy (non-hydrogen) atoms. The third kappa shape index (κ3) is 3.58. The number of rotatable bonds is 4. The Kier molecular flexibility index (Phi) is 4.92. The van der Waals surface area contributed by atoms with E-state index in [4.69, 9.17) is 33.4 Å². The Bertz CT molecular complexity index is 479. The second-order valence-electron chi connectivity index (χ2n) is 3.34. The number of carbonyl (C=O) groups is 2. The van der Waals surface area contributed by atoms with E-state index in [9.17, 15) is 14.7 Å². The molecule has 1 rings (SSSR count). The zero-order valence-corrected chi connectivity index (χ0v) is 10.3. The summed E-state index contributed by atoms with van der Waals surface area (Å²) in [4.78, 5) is 21.8. The van der Waals surface area contributed by atoms with Gasteiger partial charge in [0.15, 0.2) is 12.2 Å². The minimum atomic E-state index is -2.21. The van der Waals surface area contributed by atoms with Gasteiger partial charge in [0.1, 0.15) is 0 Å². The van der Waals surface area contributed by atoms with Crippen molar-refractivity contribution in [2.75, 3.05) is 5.32 Å². The number of halogens is 2. The van der Waals surface area contributed by atoms with Crippen molar-refractivity contribution in [3.63, 3.8) is 0 Å². The monoisotopic (exact) mass is 293 g/mol. The van der Waals surface area contributed by atoms with Crippen molar-refractivity contribution in [1.82, 2.24) is 0 Å². The predicted molar refractivity (Wildman–Crippen MR) is 64.7 cm³/mol. The summed E-state index contributed by atoms with van der Waals surface area (Å²) in [6.07, 6.45) is -4.31. The van der Waals surface area contributed by atoms with Gasteiger partial charge in [-0.3, -0.25) is 4.79 Å². The molecule has 2 atom stereocenters. The number of carboxylic acids is 1. The van der Waals surface area contributed by atoms with Crippen LogP contribution in [0.4, 0.5) is 5.69 Å². The van der Waals surface area contributed by atoms with Gasteiger partial charge in [-0.25, -0.2) is 4.79 Å². The molecule has 98 valence electrons. The van der Waals surface area contributed by atoms with Gasteiger partial charge < -0.3 is 20.6 Å². The summed E-state index contributed by atoms with van der Waals surface area (Å²) in [5.41, 5.74) is 0.141. The first kappa shape index (κ1) is 14.7. The molecule has 6 nitrogen and oxygen atoms in total. The van der Waals surface area contributed by atoms with Crippen molar-refractivity contribution in [3.8, 4) is 0 Å². The molecule has 1 aromatic rings. The van der Waals surface area contributed by atoms with Crippen molar-refractivity contribution < 1.29 is 24.9 Å². The van der Waals surface area contributed by atoms with Crippen LogP contribution in [0.15, 0.2) is 18.2 Å². The van der Waals surface area contributed by atoms with E-state index >= 15 is 0 Å². The first-order valence-electron chi connectivity index (χ1n) is 4.67. The van der Waals surface area contributed by atoms with Crippen LogP contribution < -0.4 is 5.32 Å². The van der Waals surface area contributed by atoms with E-state index < -0.39 is 24.1 Å². The average Bonchev–Trinajstić information content (AvgIpc) is 2.30. The lowest BCUT2D eigenvalue weighted by Gasteiger charge is -2.14. The molecule has 8 heteroatoms. The fourth-order valence-electron chi connectivity index (χ4n) is 1.08. The average molecular weight is 294 g/mol. The highest BCUT2D eigenvalue weighted by atomic mass is 35.5. The Hall–Kier alpha value is -1.34. The Morgan fingerprint density at radius 1 is 1.17 bits per heavy atom. The van der Waals surface area contributed by atoms with E-state index in [1.54, 1.807) is 0 Å². The molecular formula is C10H9Cl2NO5. The molecule has 0 saturated carbocycles. The first-order chi connectivity index (χ1) is 8.32. The summed E-state index contributed by atoms with van der Waals surface area (Å²) in [5, 5.41) is 29.3. The second-order valence-corrected chi connectivity index (χ2v) is 4.18. The second kappa shape index (κ2) is 6.01. The molecule has 0 heterocycles. The minimum Gasteiger partial charge on any atom is -0.479 e. The van der Waals surface area contributed by atoms with Gasteiger partial charge in [-0.2, -0.15) is 0 Å². The number of benzene rings is 1. The zero-order chi connectivity index (χ0) is 13.9. The fraction of sp³-hybridized carbons (Fsp3) is 0.200. The van der Waals surface area contributed by atoms with Crippen LogP contribution in [0.3, 0.4) is 0 Å². The Labute approximate surface area is 112 Å². The van der Waals surface area contributed by atoms with Gasteiger partial charge in [-0.1, -0.05) is 23.2 Å². The summed E-state index contributed by atoms with van der Waals surface area (Å²) in [7, 11) is 0. The normalized spacial score (nSPS) is 13.8. The topological polar surface area (TPSA) is 107 Å². The van der Waals surface area contributed by atoms with Crippen molar-refractivity contribution in [2.24, 2.45) is 0 Å². The predicted octanol–water partition coefficient (Wildman–Crippen LogP) is 0.738. The molecule has 1 amide bonds.